The molecule has 3 N–H and O–H groups in total. The van der Waals surface area contributed by atoms with E-state index in [0.717, 1.165) is 12.8 Å². The van der Waals surface area contributed by atoms with Crippen molar-refractivity contribution in [3.63, 3.8) is 0 Å². The molecule has 0 aliphatic heterocycles. The van der Waals surface area contributed by atoms with Gasteiger partial charge in [0.15, 0.2) is 0 Å². The number of rotatable bonds is 6. The summed E-state index contributed by atoms with van der Waals surface area (Å²) < 4.78 is 0. The van der Waals surface area contributed by atoms with Crippen LogP contribution in [0, 0.1) is 5.92 Å². The molecule has 0 saturated heterocycles. The Labute approximate surface area is 112 Å². The molecule has 6 heteroatoms. The molecule has 0 unspecified atom stereocenters. The third kappa shape index (κ3) is 6.22. The van der Waals surface area contributed by atoms with Gasteiger partial charge in [-0.05, 0) is 25.7 Å². The lowest BCUT2D eigenvalue weighted by atomic mass is 9.87. The number of nitrogens with one attached hydrogen (secondary N) is 2. The molecule has 0 heterocycles. The predicted octanol–water partition coefficient (Wildman–Crippen LogP) is 0.662. The molecule has 0 spiro atoms. The molecule has 1 aliphatic carbocycles. The minimum Gasteiger partial charge on any atom is -0.480 e. The van der Waals surface area contributed by atoms with Gasteiger partial charge in [-0.25, -0.2) is 0 Å². The zero-order valence-corrected chi connectivity index (χ0v) is 11.3. The van der Waals surface area contributed by atoms with Crippen molar-refractivity contribution in [2.75, 3.05) is 6.54 Å². The summed E-state index contributed by atoms with van der Waals surface area (Å²) in [5.41, 5.74) is 0. The lowest BCUT2D eigenvalue weighted by Gasteiger charge is -2.20. The van der Waals surface area contributed by atoms with Gasteiger partial charge in [0.05, 0.1) is 6.54 Å². The van der Waals surface area contributed by atoms with Crippen molar-refractivity contribution in [2.45, 2.75) is 51.5 Å². The van der Waals surface area contributed by atoms with E-state index in [1.165, 1.54) is 26.2 Å². The highest BCUT2D eigenvalue weighted by Gasteiger charge is 2.18. The maximum atomic E-state index is 11.6. The highest BCUT2D eigenvalue weighted by molar-refractivity contribution is 5.87. The van der Waals surface area contributed by atoms with Crippen LogP contribution in [0.4, 0.5) is 0 Å². The van der Waals surface area contributed by atoms with Crippen LogP contribution in [0.2, 0.25) is 0 Å². The van der Waals surface area contributed by atoms with Crippen LogP contribution in [0.25, 0.3) is 0 Å². The van der Waals surface area contributed by atoms with E-state index in [1.807, 2.05) is 0 Å². The Hall–Kier alpha value is -1.59. The van der Waals surface area contributed by atoms with E-state index < -0.39 is 17.9 Å². The number of hydrogen-bond acceptors (Lipinski definition) is 3. The molecule has 0 bridgehead atoms. The normalized spacial score (nSPS) is 17.5. The molecule has 108 valence electrons. The monoisotopic (exact) mass is 270 g/mol. The molecule has 1 saturated carbocycles. The molecular weight excluding hydrogens is 248 g/mol. The lowest BCUT2D eigenvalue weighted by Crippen LogP contribution is -2.44. The lowest BCUT2D eigenvalue weighted by molar-refractivity contribution is -0.141. The third-order valence-corrected chi connectivity index (χ3v) is 3.39. The second-order valence-corrected chi connectivity index (χ2v) is 5.11. The van der Waals surface area contributed by atoms with E-state index >= 15 is 0 Å². The number of aliphatic carboxylic acids is 1. The Morgan fingerprint density at radius 3 is 2.37 bits per heavy atom. The first-order valence-electron chi connectivity index (χ1n) is 6.78. The quantitative estimate of drug-likeness (QED) is 0.660. The van der Waals surface area contributed by atoms with Gasteiger partial charge in [-0.15, -0.1) is 0 Å². The van der Waals surface area contributed by atoms with Crippen LogP contribution >= 0.6 is 0 Å². The van der Waals surface area contributed by atoms with Crippen LogP contribution in [0.3, 0.4) is 0 Å². The van der Waals surface area contributed by atoms with Crippen molar-refractivity contribution >= 4 is 17.8 Å². The number of carbonyl (C=O) groups excluding carboxylic acids is 2. The average Bonchev–Trinajstić information content (AvgIpc) is 2.37. The molecule has 0 aromatic rings. The Kier molecular flexibility index (Phi) is 6.32. The fourth-order valence-electron chi connectivity index (χ4n) is 2.26. The largest absolute Gasteiger partial charge is 0.480 e. The van der Waals surface area contributed by atoms with Crippen LogP contribution in [0.1, 0.15) is 45.4 Å². The first kappa shape index (κ1) is 15.5. The van der Waals surface area contributed by atoms with E-state index in [2.05, 4.69) is 10.6 Å². The molecule has 0 aromatic carbocycles. The standard InChI is InChI=1S/C13H22N2O4/c1-9(13(18)19)15-12(17)8-14-11(16)7-10-5-3-2-4-6-10/h9-10H,2-8H2,1H3,(H,14,16)(H,15,17)(H,18,19)/t9-/m0/s1. The first-order valence-corrected chi connectivity index (χ1v) is 6.78. The van der Waals surface area contributed by atoms with Gasteiger partial charge in [-0.1, -0.05) is 19.3 Å². The Balaban J connectivity index is 2.18. The van der Waals surface area contributed by atoms with Crippen LogP contribution in [-0.2, 0) is 14.4 Å². The van der Waals surface area contributed by atoms with Gasteiger partial charge >= 0.3 is 5.97 Å². The van der Waals surface area contributed by atoms with Crippen molar-refractivity contribution in [2.24, 2.45) is 5.92 Å². The summed E-state index contributed by atoms with van der Waals surface area (Å²) in [6, 6.07) is -0.942. The summed E-state index contributed by atoms with van der Waals surface area (Å²) in [7, 11) is 0. The highest BCUT2D eigenvalue weighted by atomic mass is 16.4. The van der Waals surface area contributed by atoms with Gasteiger partial charge in [0, 0.05) is 6.42 Å². The number of hydrogen-bond donors (Lipinski definition) is 3. The summed E-state index contributed by atoms with van der Waals surface area (Å²) in [5.74, 6) is -1.28. The van der Waals surface area contributed by atoms with E-state index in [9.17, 15) is 14.4 Å². The zero-order valence-electron chi connectivity index (χ0n) is 11.3. The van der Waals surface area contributed by atoms with Crippen LogP contribution in [0.15, 0.2) is 0 Å². The van der Waals surface area contributed by atoms with Gasteiger partial charge in [-0.2, -0.15) is 0 Å². The zero-order chi connectivity index (χ0) is 14.3. The molecule has 0 aromatic heterocycles. The van der Waals surface area contributed by atoms with Crippen molar-refractivity contribution in [1.29, 1.82) is 0 Å². The third-order valence-electron chi connectivity index (χ3n) is 3.39. The van der Waals surface area contributed by atoms with Gasteiger partial charge in [-0.3, -0.25) is 14.4 Å². The Morgan fingerprint density at radius 2 is 1.79 bits per heavy atom. The number of carboxylic acid groups (broad SMARTS) is 1. The van der Waals surface area contributed by atoms with E-state index in [0.29, 0.717) is 12.3 Å². The van der Waals surface area contributed by atoms with Crippen molar-refractivity contribution in [3.8, 4) is 0 Å². The topological polar surface area (TPSA) is 95.5 Å². The fourth-order valence-corrected chi connectivity index (χ4v) is 2.26. The molecule has 1 rings (SSSR count). The summed E-state index contributed by atoms with van der Waals surface area (Å²) in [4.78, 5) is 33.5. The van der Waals surface area contributed by atoms with Crippen molar-refractivity contribution in [3.05, 3.63) is 0 Å². The Morgan fingerprint density at radius 1 is 1.16 bits per heavy atom. The molecule has 0 radical (unpaired) electrons. The highest BCUT2D eigenvalue weighted by Crippen LogP contribution is 2.25. The second-order valence-electron chi connectivity index (χ2n) is 5.11. The summed E-state index contributed by atoms with van der Waals surface area (Å²) in [6.07, 6.45) is 6.21. The fraction of sp³-hybridized carbons (Fsp3) is 0.769. The summed E-state index contributed by atoms with van der Waals surface area (Å²) in [6.45, 7) is 1.22. The molecule has 6 nitrogen and oxygen atoms in total. The SMILES string of the molecule is C[C@H](NC(=O)CNC(=O)CC1CCCCC1)C(=O)O. The van der Waals surface area contributed by atoms with Crippen molar-refractivity contribution in [1.82, 2.24) is 10.6 Å². The van der Waals surface area contributed by atoms with Crippen molar-refractivity contribution < 1.29 is 19.5 Å². The van der Waals surface area contributed by atoms with E-state index in [4.69, 9.17) is 5.11 Å². The molecule has 2 amide bonds. The number of carbonyl (C=O) groups is 3. The van der Waals surface area contributed by atoms with Gasteiger partial charge in [0.1, 0.15) is 6.04 Å². The predicted molar refractivity (Wildman–Crippen MR) is 69.4 cm³/mol. The Bertz CT molecular complexity index is 338. The van der Waals surface area contributed by atoms with Crippen LogP contribution in [-0.4, -0.2) is 35.5 Å². The molecular formula is C13H22N2O4. The summed E-state index contributed by atoms with van der Waals surface area (Å²) in [5, 5.41) is 13.4. The molecule has 1 fully saturated rings. The first-order chi connectivity index (χ1) is 8.99. The smallest absolute Gasteiger partial charge is 0.325 e. The summed E-state index contributed by atoms with van der Waals surface area (Å²) >= 11 is 0. The maximum absolute atomic E-state index is 11.6. The van der Waals surface area contributed by atoms with E-state index in [-0.39, 0.29) is 12.5 Å². The van der Waals surface area contributed by atoms with Gasteiger partial charge < -0.3 is 15.7 Å². The minimum absolute atomic E-state index is 0.134. The molecule has 1 atom stereocenters. The van der Waals surface area contributed by atoms with Gasteiger partial charge in [0.2, 0.25) is 11.8 Å². The molecule has 1 aliphatic rings. The minimum atomic E-state index is -1.10. The van der Waals surface area contributed by atoms with Crippen LogP contribution < -0.4 is 10.6 Å². The van der Waals surface area contributed by atoms with E-state index in [1.54, 1.807) is 0 Å². The van der Waals surface area contributed by atoms with Gasteiger partial charge in [0.25, 0.3) is 0 Å². The average molecular weight is 270 g/mol. The number of carboxylic acids is 1. The number of amides is 2. The molecule has 19 heavy (non-hydrogen) atoms. The second kappa shape index (κ2) is 7.76. The maximum Gasteiger partial charge on any atom is 0.325 e. The van der Waals surface area contributed by atoms with Crippen LogP contribution in [0.5, 0.6) is 0 Å².